The third kappa shape index (κ3) is 2.75. The molecule has 0 aromatic heterocycles. The molecule has 2 heterocycles. The molecule has 0 spiro atoms. The van der Waals surface area contributed by atoms with E-state index in [4.69, 9.17) is 4.74 Å². The van der Waals surface area contributed by atoms with E-state index in [2.05, 4.69) is 0 Å². The number of imide groups is 1. The Labute approximate surface area is 173 Å². The first-order valence-corrected chi connectivity index (χ1v) is 9.60. The van der Waals surface area contributed by atoms with E-state index < -0.39 is 41.2 Å². The number of carboxylic acids is 1. The smallest absolute Gasteiger partial charge is 0.239 e. The van der Waals surface area contributed by atoms with Crippen LogP contribution in [-0.2, 0) is 20.8 Å². The van der Waals surface area contributed by atoms with Crippen molar-refractivity contribution in [1.82, 2.24) is 4.90 Å². The predicted octanol–water partition coefficient (Wildman–Crippen LogP) is -1.02. The highest BCUT2D eigenvalue weighted by molar-refractivity contribution is 6.08. The Kier molecular flexibility index (Phi) is 4.74. The van der Waals surface area contributed by atoms with Gasteiger partial charge in [-0.1, -0.05) is 36.4 Å². The zero-order valence-corrected chi connectivity index (χ0v) is 16.6. The second kappa shape index (κ2) is 7.14. The highest BCUT2D eigenvalue weighted by Crippen LogP contribution is 2.47. The van der Waals surface area contributed by atoms with Crippen LogP contribution in [0.15, 0.2) is 48.5 Å². The molecule has 30 heavy (non-hydrogen) atoms. The zero-order valence-electron chi connectivity index (χ0n) is 16.6. The molecule has 4 rings (SSSR count). The molecule has 0 radical (unpaired) electrons. The molecule has 0 saturated carbocycles. The number of nitrogens with two attached hydrogens (primary N) is 1. The number of amides is 2. The Morgan fingerprint density at radius 2 is 1.87 bits per heavy atom. The predicted molar refractivity (Wildman–Crippen MR) is 102 cm³/mol. The van der Waals surface area contributed by atoms with E-state index >= 15 is 0 Å². The Bertz CT molecular complexity index is 1020. The molecule has 8 heteroatoms. The van der Waals surface area contributed by atoms with Crippen molar-refractivity contribution >= 4 is 17.8 Å². The number of aromatic hydroxyl groups is 1. The minimum Gasteiger partial charge on any atom is -0.544 e. The Morgan fingerprint density at radius 1 is 1.17 bits per heavy atom. The summed E-state index contributed by atoms with van der Waals surface area (Å²) in [6, 6.07) is 13.0. The quantitative estimate of drug-likeness (QED) is 0.609. The van der Waals surface area contributed by atoms with Crippen molar-refractivity contribution in [2.75, 3.05) is 14.2 Å². The Hall–Kier alpha value is -3.39. The summed E-state index contributed by atoms with van der Waals surface area (Å²) in [7, 11) is 2.76. The van der Waals surface area contributed by atoms with Crippen LogP contribution in [-0.4, -0.2) is 47.5 Å². The lowest BCUT2D eigenvalue weighted by Crippen LogP contribution is -2.99. The summed E-state index contributed by atoms with van der Waals surface area (Å²) in [5.41, 5.74) is -0.636. The molecule has 156 valence electrons. The molecular weight excluding hydrogens is 388 g/mol. The largest absolute Gasteiger partial charge is 0.544 e. The summed E-state index contributed by atoms with van der Waals surface area (Å²) in [6.07, 6.45) is 0.00539. The number of hydrogen-bond donors (Lipinski definition) is 2. The first-order chi connectivity index (χ1) is 14.3. The average Bonchev–Trinajstić information content (AvgIpc) is 3.19. The normalized spacial score (nSPS) is 27.9. The van der Waals surface area contributed by atoms with Gasteiger partial charge in [-0.05, 0) is 17.7 Å². The maximum absolute atomic E-state index is 13.0. The molecule has 2 fully saturated rings. The van der Waals surface area contributed by atoms with Crippen LogP contribution in [0.1, 0.15) is 17.2 Å². The number of carbonyl (C=O) groups is 3. The van der Waals surface area contributed by atoms with Gasteiger partial charge in [-0.2, -0.15) is 0 Å². The van der Waals surface area contributed by atoms with Gasteiger partial charge in [0.2, 0.25) is 11.8 Å². The third-order valence-corrected chi connectivity index (χ3v) is 6.32. The topological polar surface area (TPSA) is 124 Å². The number of aliphatic carboxylic acids is 1. The standard InChI is InChI=1S/C22H22N2O6/c1-24-19(26)15-16(20(24)27)22(21(28)29,11-12-7-4-3-5-8-12)23-17(15)13-9-6-10-14(30-2)18(13)25/h3-10,15-17,23,25H,11H2,1-2H3,(H,28,29)/t15-,16-,17+,22+/m0/s1. The maximum atomic E-state index is 13.0. The maximum Gasteiger partial charge on any atom is 0.239 e. The van der Waals surface area contributed by atoms with E-state index in [1.165, 1.54) is 19.5 Å². The van der Waals surface area contributed by atoms with Crippen molar-refractivity contribution in [2.24, 2.45) is 11.8 Å². The molecule has 0 unspecified atom stereocenters. The molecular formula is C22H22N2O6. The second-order valence-corrected chi connectivity index (χ2v) is 7.82. The molecule has 2 saturated heterocycles. The fourth-order valence-corrected chi connectivity index (χ4v) is 4.89. The van der Waals surface area contributed by atoms with E-state index in [1.54, 1.807) is 42.5 Å². The molecule has 0 aliphatic carbocycles. The Balaban J connectivity index is 1.88. The molecule has 3 N–H and O–H groups in total. The van der Waals surface area contributed by atoms with Crippen LogP contribution in [0.4, 0.5) is 0 Å². The lowest BCUT2D eigenvalue weighted by Gasteiger charge is -2.32. The lowest BCUT2D eigenvalue weighted by atomic mass is 9.76. The first-order valence-electron chi connectivity index (χ1n) is 9.60. The summed E-state index contributed by atoms with van der Waals surface area (Å²) in [5.74, 6) is -4.46. The monoisotopic (exact) mass is 410 g/mol. The number of para-hydroxylation sites is 1. The number of carboxylic acid groups (broad SMARTS) is 1. The van der Waals surface area contributed by atoms with E-state index in [0.29, 0.717) is 11.1 Å². The zero-order chi connectivity index (χ0) is 21.6. The number of carbonyl (C=O) groups excluding carboxylic acids is 3. The van der Waals surface area contributed by atoms with Crippen molar-refractivity contribution in [2.45, 2.75) is 18.0 Å². The number of phenols is 1. The van der Waals surface area contributed by atoms with Crippen LogP contribution < -0.4 is 15.2 Å². The van der Waals surface area contributed by atoms with Crippen LogP contribution in [0.25, 0.3) is 0 Å². The molecule has 2 aliphatic heterocycles. The number of benzene rings is 2. The number of methoxy groups -OCH3 is 1. The van der Waals surface area contributed by atoms with E-state index in [0.717, 1.165) is 4.90 Å². The summed E-state index contributed by atoms with van der Waals surface area (Å²) in [5, 5.41) is 24.7. The van der Waals surface area contributed by atoms with Gasteiger partial charge in [0.25, 0.3) is 0 Å². The number of fused-ring (bicyclic) bond motifs is 1. The van der Waals surface area contributed by atoms with Gasteiger partial charge < -0.3 is 25.1 Å². The van der Waals surface area contributed by atoms with Gasteiger partial charge in [-0.25, -0.2) is 0 Å². The number of ether oxygens (including phenoxy) is 1. The molecule has 8 nitrogen and oxygen atoms in total. The van der Waals surface area contributed by atoms with Crippen molar-refractivity contribution in [3.05, 3.63) is 59.7 Å². The van der Waals surface area contributed by atoms with E-state index in [9.17, 15) is 24.6 Å². The average molecular weight is 410 g/mol. The molecule has 0 bridgehead atoms. The Morgan fingerprint density at radius 3 is 2.50 bits per heavy atom. The number of nitrogens with zero attached hydrogens (tertiary/aromatic N) is 1. The van der Waals surface area contributed by atoms with Gasteiger partial charge in [-0.15, -0.1) is 0 Å². The third-order valence-electron chi connectivity index (χ3n) is 6.32. The van der Waals surface area contributed by atoms with Crippen LogP contribution in [0, 0.1) is 11.8 Å². The highest BCUT2D eigenvalue weighted by Gasteiger charge is 2.69. The van der Waals surface area contributed by atoms with Crippen molar-refractivity contribution < 1.29 is 34.7 Å². The minimum atomic E-state index is -1.69. The summed E-state index contributed by atoms with van der Waals surface area (Å²) >= 11 is 0. The molecule has 2 aromatic rings. The van der Waals surface area contributed by atoms with Gasteiger partial charge >= 0.3 is 0 Å². The number of rotatable bonds is 5. The van der Waals surface area contributed by atoms with Gasteiger partial charge in [0.05, 0.1) is 12.7 Å². The van der Waals surface area contributed by atoms with E-state index in [-0.39, 0.29) is 17.9 Å². The van der Waals surface area contributed by atoms with Crippen LogP contribution >= 0.6 is 0 Å². The summed E-state index contributed by atoms with van der Waals surface area (Å²) in [6.45, 7) is 0. The minimum absolute atomic E-state index is 0.00539. The number of hydrogen-bond acceptors (Lipinski definition) is 6. The number of phenolic OH excluding ortho intramolecular Hbond substituents is 1. The molecule has 2 amide bonds. The van der Waals surface area contributed by atoms with Crippen LogP contribution in [0.2, 0.25) is 0 Å². The fraction of sp³-hybridized carbons (Fsp3) is 0.318. The second-order valence-electron chi connectivity index (χ2n) is 7.82. The lowest BCUT2D eigenvalue weighted by molar-refractivity contribution is -0.738. The van der Waals surface area contributed by atoms with Crippen molar-refractivity contribution in [1.29, 1.82) is 0 Å². The number of likely N-dealkylation sites (tertiary alicyclic amines) is 1. The van der Waals surface area contributed by atoms with Crippen molar-refractivity contribution in [3.8, 4) is 11.5 Å². The van der Waals surface area contributed by atoms with Crippen LogP contribution in [0.5, 0.6) is 11.5 Å². The van der Waals surface area contributed by atoms with Gasteiger partial charge in [0.15, 0.2) is 17.0 Å². The molecule has 2 aromatic carbocycles. The molecule has 4 atom stereocenters. The van der Waals surface area contributed by atoms with Crippen LogP contribution in [0.3, 0.4) is 0 Å². The number of quaternary nitrogens is 1. The highest BCUT2D eigenvalue weighted by atomic mass is 16.5. The fourth-order valence-electron chi connectivity index (χ4n) is 4.89. The van der Waals surface area contributed by atoms with E-state index in [1.807, 2.05) is 6.07 Å². The SMILES string of the molecule is COc1cccc([C@H]2[NH2+][C@@](Cc3ccccc3)(C(=O)[O-])[C@@H]3C(=O)N(C)C(=O)[C@H]23)c1O. The first kappa shape index (κ1) is 19.9. The molecule has 2 aliphatic rings. The van der Waals surface area contributed by atoms with Crippen molar-refractivity contribution in [3.63, 3.8) is 0 Å². The van der Waals surface area contributed by atoms with Gasteiger partial charge in [-0.3, -0.25) is 14.5 Å². The van der Waals surface area contributed by atoms with Gasteiger partial charge in [0.1, 0.15) is 23.8 Å². The summed E-state index contributed by atoms with van der Waals surface area (Å²) < 4.78 is 5.17. The van der Waals surface area contributed by atoms with Gasteiger partial charge in [0, 0.05) is 13.5 Å². The summed E-state index contributed by atoms with van der Waals surface area (Å²) in [4.78, 5) is 39.5.